The molecular formula is C5H13NOSi. The van der Waals surface area contributed by atoms with Gasteiger partial charge in [0.1, 0.15) is 0 Å². The molecule has 0 heterocycles. The van der Waals surface area contributed by atoms with Crippen LogP contribution < -0.4 is 0 Å². The summed E-state index contributed by atoms with van der Waals surface area (Å²) in [4.78, 5) is 10.9. The molecule has 0 aliphatic heterocycles. The molecule has 0 aliphatic carbocycles. The third-order valence-electron chi connectivity index (χ3n) is 0.211. The molecule has 0 saturated heterocycles. The van der Waals surface area contributed by atoms with E-state index in [0.717, 1.165) is 15.9 Å². The lowest BCUT2D eigenvalue weighted by Crippen LogP contribution is -2.06. The molecule has 0 spiro atoms. The fourth-order valence-corrected chi connectivity index (χ4v) is 0. The highest BCUT2D eigenvalue weighted by Gasteiger charge is 1.68. The molecule has 0 saturated carbocycles. The minimum atomic E-state index is 0.750. The van der Waals surface area contributed by atoms with Crippen LogP contribution in [0.15, 0.2) is 0 Å². The molecule has 8 heavy (non-hydrogen) atoms. The van der Waals surface area contributed by atoms with Crippen LogP contribution in [0.4, 0.5) is 0 Å². The third kappa shape index (κ3) is 43.9. The van der Waals surface area contributed by atoms with Gasteiger partial charge < -0.3 is 4.90 Å². The third-order valence-corrected chi connectivity index (χ3v) is 0.211. The van der Waals surface area contributed by atoms with Crippen LogP contribution in [0.3, 0.4) is 0 Å². The van der Waals surface area contributed by atoms with Crippen LogP contribution in [-0.4, -0.2) is 34.9 Å². The van der Waals surface area contributed by atoms with E-state index in [1.54, 1.807) is 14.1 Å². The van der Waals surface area contributed by atoms with Gasteiger partial charge in [-0.05, 0) is 0 Å². The number of hydrogen-bond donors (Lipinski definition) is 0. The largest absolute Gasteiger partial charge is 0.351 e. The highest BCUT2D eigenvalue weighted by molar-refractivity contribution is 6.31. The molecular weight excluding hydrogens is 118 g/mol. The average molecular weight is 131 g/mol. The van der Waals surface area contributed by atoms with E-state index >= 15 is 0 Å². The maximum Gasteiger partial charge on any atom is 0.209 e. The van der Waals surface area contributed by atoms with Crippen molar-refractivity contribution in [3.05, 3.63) is 0 Å². The Morgan fingerprint density at radius 1 is 1.38 bits per heavy atom. The summed E-state index contributed by atoms with van der Waals surface area (Å²) < 4.78 is 0. The van der Waals surface area contributed by atoms with Gasteiger partial charge in [0, 0.05) is 23.6 Å². The maximum absolute atomic E-state index is 9.43. The van der Waals surface area contributed by atoms with Gasteiger partial charge in [-0.1, -0.05) is 13.1 Å². The molecule has 0 aromatic heterocycles. The van der Waals surface area contributed by atoms with E-state index in [1.165, 1.54) is 4.90 Å². The first-order chi connectivity index (χ1) is 3.68. The van der Waals surface area contributed by atoms with E-state index in [9.17, 15) is 4.79 Å². The van der Waals surface area contributed by atoms with Gasteiger partial charge in [0.25, 0.3) is 0 Å². The normalized spacial score (nSPS) is 6.50. The van der Waals surface area contributed by atoms with E-state index in [0.29, 0.717) is 0 Å². The molecule has 0 N–H and O–H groups in total. The number of rotatable bonds is 1. The molecule has 0 fully saturated rings. The minimum absolute atomic E-state index is 0.750. The van der Waals surface area contributed by atoms with Crippen molar-refractivity contribution in [3.8, 4) is 0 Å². The van der Waals surface area contributed by atoms with E-state index in [-0.39, 0.29) is 0 Å². The Morgan fingerprint density at radius 3 is 1.50 bits per heavy atom. The van der Waals surface area contributed by atoms with Crippen molar-refractivity contribution in [3.63, 3.8) is 0 Å². The molecule has 3 heteroatoms. The number of amides is 1. The SMILES string of the molecule is CN(C)C=O.C[Si]C. The maximum atomic E-state index is 9.43. The van der Waals surface area contributed by atoms with Gasteiger partial charge in [-0.3, -0.25) is 4.79 Å². The lowest BCUT2D eigenvalue weighted by Gasteiger charge is -1.93. The molecule has 0 aromatic rings. The quantitative estimate of drug-likeness (QED) is 0.375. The molecule has 0 bridgehead atoms. The summed E-state index contributed by atoms with van der Waals surface area (Å²) in [5.74, 6) is 0. The molecule has 0 rings (SSSR count). The summed E-state index contributed by atoms with van der Waals surface area (Å²) >= 11 is 0. The van der Waals surface area contributed by atoms with Crippen LogP contribution in [0.25, 0.3) is 0 Å². The summed E-state index contributed by atoms with van der Waals surface area (Å²) in [5.41, 5.74) is 0. The summed E-state index contributed by atoms with van der Waals surface area (Å²) in [6, 6.07) is 0. The lowest BCUT2D eigenvalue weighted by atomic mass is 11.0. The Hall–Kier alpha value is -0.313. The molecule has 2 radical (unpaired) electrons. The fraction of sp³-hybridized carbons (Fsp3) is 0.800. The number of carbonyl (C=O) groups excluding carboxylic acids is 1. The van der Waals surface area contributed by atoms with Crippen LogP contribution in [0, 0.1) is 0 Å². The first kappa shape index (κ1) is 10.6. The first-order valence-corrected chi connectivity index (χ1v) is 4.39. The Kier molecular flexibility index (Phi) is 13.1. The van der Waals surface area contributed by atoms with Crippen molar-refractivity contribution in [1.29, 1.82) is 0 Å². The number of nitrogens with zero attached hydrogens (tertiary/aromatic N) is 1. The van der Waals surface area contributed by atoms with E-state index in [1.807, 2.05) is 0 Å². The highest BCUT2D eigenvalue weighted by atomic mass is 28.2. The first-order valence-electron chi connectivity index (χ1n) is 2.39. The second kappa shape index (κ2) is 9.84. The zero-order valence-electron chi connectivity index (χ0n) is 5.93. The monoisotopic (exact) mass is 131 g/mol. The van der Waals surface area contributed by atoms with Crippen molar-refractivity contribution in [2.45, 2.75) is 13.1 Å². The van der Waals surface area contributed by atoms with Crippen molar-refractivity contribution >= 4 is 15.9 Å². The molecule has 2 nitrogen and oxygen atoms in total. The van der Waals surface area contributed by atoms with Crippen molar-refractivity contribution < 1.29 is 4.79 Å². The Morgan fingerprint density at radius 2 is 1.50 bits per heavy atom. The van der Waals surface area contributed by atoms with Gasteiger partial charge >= 0.3 is 0 Å². The number of carbonyl (C=O) groups is 1. The number of hydrogen-bond acceptors (Lipinski definition) is 1. The van der Waals surface area contributed by atoms with Gasteiger partial charge in [-0.2, -0.15) is 0 Å². The summed E-state index contributed by atoms with van der Waals surface area (Å²) in [7, 11) is 4.46. The smallest absolute Gasteiger partial charge is 0.209 e. The summed E-state index contributed by atoms with van der Waals surface area (Å²) in [6.07, 6.45) is 0.750. The molecule has 0 unspecified atom stereocenters. The Balaban J connectivity index is 0. The lowest BCUT2D eigenvalue weighted by molar-refractivity contribution is -0.115. The van der Waals surface area contributed by atoms with E-state index < -0.39 is 0 Å². The zero-order valence-corrected chi connectivity index (χ0v) is 6.93. The minimum Gasteiger partial charge on any atom is -0.351 e. The van der Waals surface area contributed by atoms with Gasteiger partial charge in [-0.25, -0.2) is 0 Å². The molecule has 0 aliphatic rings. The standard InChI is InChI=1S/C3H7NO.C2H6Si/c1-4(2)3-5;1-3-2/h3H,1-2H3;1-2H3. The van der Waals surface area contributed by atoms with Gasteiger partial charge in [-0.15, -0.1) is 0 Å². The molecule has 1 amide bonds. The predicted octanol–water partition coefficient (Wildman–Crippen LogP) is 0.491. The van der Waals surface area contributed by atoms with Crippen molar-refractivity contribution in [2.24, 2.45) is 0 Å². The molecule has 48 valence electrons. The van der Waals surface area contributed by atoms with Gasteiger partial charge in [0.15, 0.2) is 0 Å². The summed E-state index contributed by atoms with van der Waals surface area (Å²) in [5, 5.41) is 0. The van der Waals surface area contributed by atoms with Crippen molar-refractivity contribution in [2.75, 3.05) is 14.1 Å². The summed E-state index contributed by atoms with van der Waals surface area (Å²) in [6.45, 7) is 4.31. The fourth-order valence-electron chi connectivity index (χ4n) is 0. The topological polar surface area (TPSA) is 20.3 Å². The van der Waals surface area contributed by atoms with E-state index in [4.69, 9.17) is 0 Å². The van der Waals surface area contributed by atoms with Crippen LogP contribution in [0.1, 0.15) is 0 Å². The zero-order chi connectivity index (χ0) is 6.99. The Labute approximate surface area is 53.7 Å². The predicted molar refractivity (Wildman–Crippen MR) is 37.2 cm³/mol. The molecule has 0 aromatic carbocycles. The van der Waals surface area contributed by atoms with Gasteiger partial charge in [0.05, 0.1) is 0 Å². The van der Waals surface area contributed by atoms with E-state index in [2.05, 4.69) is 13.1 Å². The Bertz CT molecular complexity index is 47.7. The van der Waals surface area contributed by atoms with Crippen LogP contribution in [0.5, 0.6) is 0 Å². The highest BCUT2D eigenvalue weighted by Crippen LogP contribution is 1.52. The van der Waals surface area contributed by atoms with Crippen LogP contribution in [0.2, 0.25) is 13.1 Å². The van der Waals surface area contributed by atoms with Crippen LogP contribution >= 0.6 is 0 Å². The average Bonchev–Trinajstić information content (AvgIpc) is 1.69. The van der Waals surface area contributed by atoms with Gasteiger partial charge in [0.2, 0.25) is 6.41 Å². The molecule has 0 atom stereocenters. The second-order valence-electron chi connectivity index (χ2n) is 1.57. The van der Waals surface area contributed by atoms with Crippen LogP contribution in [-0.2, 0) is 4.79 Å². The second-order valence-corrected chi connectivity index (χ2v) is 2.57. The van der Waals surface area contributed by atoms with Crippen molar-refractivity contribution in [1.82, 2.24) is 4.90 Å².